The number of benzene rings is 1. The van der Waals surface area contributed by atoms with E-state index < -0.39 is 5.60 Å². The van der Waals surface area contributed by atoms with E-state index in [9.17, 15) is 5.11 Å². The van der Waals surface area contributed by atoms with Crippen LogP contribution in [0.5, 0.6) is 0 Å². The highest BCUT2D eigenvalue weighted by atomic mass is 16.3. The van der Waals surface area contributed by atoms with E-state index in [1.807, 2.05) is 27.9 Å². The molecule has 3 nitrogen and oxygen atoms in total. The van der Waals surface area contributed by atoms with Crippen molar-refractivity contribution in [3.63, 3.8) is 0 Å². The summed E-state index contributed by atoms with van der Waals surface area (Å²) in [5.74, 6) is 0. The van der Waals surface area contributed by atoms with Crippen molar-refractivity contribution in [1.29, 1.82) is 0 Å². The molecule has 0 aliphatic heterocycles. The van der Waals surface area contributed by atoms with Crippen molar-refractivity contribution in [2.24, 2.45) is 0 Å². The molecular weight excluding hydrogens is 224 g/mol. The fourth-order valence-electron chi connectivity index (χ4n) is 2.24. The van der Waals surface area contributed by atoms with E-state index in [0.29, 0.717) is 12.6 Å². The highest BCUT2D eigenvalue weighted by Gasteiger charge is 2.16. The second-order valence-corrected chi connectivity index (χ2v) is 5.51. The molecule has 0 saturated heterocycles. The van der Waals surface area contributed by atoms with Gasteiger partial charge in [0, 0.05) is 25.3 Å². The Morgan fingerprint density at radius 1 is 1.28 bits per heavy atom. The van der Waals surface area contributed by atoms with Gasteiger partial charge in [0.2, 0.25) is 0 Å². The smallest absolute Gasteiger partial charge is 0.0765 e. The topological polar surface area (TPSA) is 35.5 Å². The fourth-order valence-corrected chi connectivity index (χ4v) is 2.24. The molecule has 3 heteroatoms. The lowest BCUT2D eigenvalue weighted by Crippen LogP contribution is -2.36. The van der Waals surface area contributed by atoms with E-state index in [1.54, 1.807) is 0 Å². The van der Waals surface area contributed by atoms with E-state index in [1.165, 1.54) is 5.56 Å². The molecule has 0 bridgehead atoms. The third kappa shape index (κ3) is 4.31. The average Bonchev–Trinajstić information content (AvgIpc) is 2.29. The molecule has 0 heterocycles. The van der Waals surface area contributed by atoms with Gasteiger partial charge in [-0.25, -0.2) is 0 Å². The molecule has 1 aromatic carbocycles. The lowest BCUT2D eigenvalue weighted by Gasteiger charge is -2.27. The van der Waals surface area contributed by atoms with Crippen LogP contribution in [0.15, 0.2) is 24.3 Å². The number of rotatable bonds is 6. The molecule has 0 aliphatic carbocycles. The number of nitrogens with zero attached hydrogens (tertiary/aromatic N) is 1. The van der Waals surface area contributed by atoms with Crippen LogP contribution in [0, 0.1) is 0 Å². The maximum Gasteiger partial charge on any atom is 0.0765 e. The van der Waals surface area contributed by atoms with Crippen LogP contribution in [0.1, 0.15) is 38.8 Å². The van der Waals surface area contributed by atoms with Crippen molar-refractivity contribution < 1.29 is 5.11 Å². The number of likely N-dealkylation sites (N-methyl/N-ethyl adjacent to an activating group) is 1. The lowest BCUT2D eigenvalue weighted by molar-refractivity contribution is 0.0886. The van der Waals surface area contributed by atoms with Gasteiger partial charge in [0.05, 0.1) is 5.60 Å². The molecule has 1 rings (SSSR count). The van der Waals surface area contributed by atoms with Gasteiger partial charge in [0.15, 0.2) is 0 Å². The normalized spacial score (nSPS) is 13.4. The SMILES string of the molecule is CCC(NC)c1ccc(N(C)CC(C)(C)O)cc1. The van der Waals surface area contributed by atoms with Gasteiger partial charge in [-0.05, 0) is 45.0 Å². The number of hydrogen-bond donors (Lipinski definition) is 2. The third-order valence-corrected chi connectivity index (χ3v) is 3.12. The molecule has 0 spiro atoms. The molecule has 0 aliphatic rings. The highest BCUT2D eigenvalue weighted by Crippen LogP contribution is 2.21. The summed E-state index contributed by atoms with van der Waals surface area (Å²) in [4.78, 5) is 2.07. The molecular formula is C15H26N2O. The molecule has 1 aromatic rings. The summed E-state index contributed by atoms with van der Waals surface area (Å²) in [7, 11) is 3.99. The van der Waals surface area contributed by atoms with Gasteiger partial charge < -0.3 is 15.3 Å². The number of aliphatic hydroxyl groups is 1. The summed E-state index contributed by atoms with van der Waals surface area (Å²) < 4.78 is 0. The van der Waals surface area contributed by atoms with Crippen LogP contribution in [0.4, 0.5) is 5.69 Å². The molecule has 0 fully saturated rings. The standard InChI is InChI=1S/C15H26N2O/c1-6-14(16-4)12-7-9-13(10-8-12)17(5)11-15(2,3)18/h7-10,14,16,18H,6,11H2,1-5H3. The van der Waals surface area contributed by atoms with E-state index in [2.05, 4.69) is 41.4 Å². The quantitative estimate of drug-likeness (QED) is 0.814. The van der Waals surface area contributed by atoms with E-state index in [4.69, 9.17) is 0 Å². The minimum absolute atomic E-state index is 0.415. The molecule has 0 saturated carbocycles. The molecule has 102 valence electrons. The molecule has 1 atom stereocenters. The van der Waals surface area contributed by atoms with Crippen LogP contribution in [-0.4, -0.2) is 31.3 Å². The van der Waals surface area contributed by atoms with Crippen molar-refractivity contribution in [3.05, 3.63) is 29.8 Å². The van der Waals surface area contributed by atoms with Gasteiger partial charge in [-0.3, -0.25) is 0 Å². The minimum Gasteiger partial charge on any atom is -0.389 e. The predicted molar refractivity (Wildman–Crippen MR) is 78.1 cm³/mol. The van der Waals surface area contributed by atoms with Crippen molar-refractivity contribution >= 4 is 5.69 Å². The Bertz CT molecular complexity index is 350. The zero-order valence-electron chi connectivity index (χ0n) is 12.2. The first kappa shape index (κ1) is 15.0. The van der Waals surface area contributed by atoms with Crippen LogP contribution < -0.4 is 10.2 Å². The minimum atomic E-state index is -0.676. The van der Waals surface area contributed by atoms with Gasteiger partial charge in [0.25, 0.3) is 0 Å². The van der Waals surface area contributed by atoms with Crippen molar-refractivity contribution in [3.8, 4) is 0 Å². The lowest BCUT2D eigenvalue weighted by atomic mass is 10.0. The van der Waals surface area contributed by atoms with Gasteiger partial charge in [-0.1, -0.05) is 19.1 Å². The number of anilines is 1. The summed E-state index contributed by atoms with van der Waals surface area (Å²) in [5, 5.41) is 13.1. The maximum absolute atomic E-state index is 9.82. The largest absolute Gasteiger partial charge is 0.389 e. The van der Waals surface area contributed by atoms with Gasteiger partial charge in [0.1, 0.15) is 0 Å². The first-order chi connectivity index (χ1) is 8.37. The Kier molecular flexibility index (Phi) is 5.17. The van der Waals surface area contributed by atoms with Crippen LogP contribution >= 0.6 is 0 Å². The summed E-state index contributed by atoms with van der Waals surface area (Å²) in [6.45, 7) is 6.45. The Hall–Kier alpha value is -1.06. The Balaban J connectivity index is 2.76. The predicted octanol–water partition coefficient (Wildman–Crippen LogP) is 2.56. The van der Waals surface area contributed by atoms with Crippen molar-refractivity contribution in [2.75, 3.05) is 25.5 Å². The van der Waals surface area contributed by atoms with Crippen LogP contribution in [0.2, 0.25) is 0 Å². The molecule has 0 aromatic heterocycles. The third-order valence-electron chi connectivity index (χ3n) is 3.12. The summed E-state index contributed by atoms with van der Waals surface area (Å²) in [5.41, 5.74) is 1.76. The Labute approximate surface area is 111 Å². The molecule has 1 unspecified atom stereocenters. The number of hydrogen-bond acceptors (Lipinski definition) is 3. The second-order valence-electron chi connectivity index (χ2n) is 5.51. The highest BCUT2D eigenvalue weighted by molar-refractivity contribution is 5.47. The summed E-state index contributed by atoms with van der Waals surface area (Å²) in [6.07, 6.45) is 1.08. The average molecular weight is 250 g/mol. The van der Waals surface area contributed by atoms with Gasteiger partial charge >= 0.3 is 0 Å². The Morgan fingerprint density at radius 3 is 2.22 bits per heavy atom. The summed E-state index contributed by atoms with van der Waals surface area (Å²) in [6, 6.07) is 8.95. The van der Waals surface area contributed by atoms with Crippen molar-refractivity contribution in [2.45, 2.75) is 38.8 Å². The molecule has 2 N–H and O–H groups in total. The molecule has 0 amide bonds. The van der Waals surface area contributed by atoms with Crippen LogP contribution in [0.3, 0.4) is 0 Å². The first-order valence-corrected chi connectivity index (χ1v) is 6.58. The molecule has 18 heavy (non-hydrogen) atoms. The fraction of sp³-hybridized carbons (Fsp3) is 0.600. The molecule has 0 radical (unpaired) electrons. The Morgan fingerprint density at radius 2 is 1.83 bits per heavy atom. The zero-order chi connectivity index (χ0) is 13.8. The van der Waals surface area contributed by atoms with Crippen molar-refractivity contribution in [1.82, 2.24) is 5.32 Å². The van der Waals surface area contributed by atoms with Crippen LogP contribution in [0.25, 0.3) is 0 Å². The monoisotopic (exact) mass is 250 g/mol. The first-order valence-electron chi connectivity index (χ1n) is 6.58. The zero-order valence-corrected chi connectivity index (χ0v) is 12.2. The number of nitrogens with one attached hydrogen (secondary N) is 1. The van der Waals surface area contributed by atoms with E-state index in [-0.39, 0.29) is 0 Å². The van der Waals surface area contributed by atoms with Gasteiger partial charge in [-0.2, -0.15) is 0 Å². The summed E-state index contributed by atoms with van der Waals surface area (Å²) >= 11 is 0. The maximum atomic E-state index is 9.82. The second kappa shape index (κ2) is 6.21. The van der Waals surface area contributed by atoms with Gasteiger partial charge in [-0.15, -0.1) is 0 Å². The van der Waals surface area contributed by atoms with Crippen LogP contribution in [-0.2, 0) is 0 Å². The van der Waals surface area contributed by atoms with E-state index in [0.717, 1.165) is 12.1 Å². The van der Waals surface area contributed by atoms with E-state index >= 15 is 0 Å².